The van der Waals surface area contributed by atoms with E-state index >= 15 is 0 Å². The number of anilines is 1. The predicted molar refractivity (Wildman–Crippen MR) is 67.6 cm³/mol. The molecule has 0 aliphatic rings. The molecule has 0 spiro atoms. The molecule has 6 heteroatoms. The van der Waals surface area contributed by atoms with Gasteiger partial charge in [-0.1, -0.05) is 6.07 Å². The molecule has 0 radical (unpaired) electrons. The van der Waals surface area contributed by atoms with Gasteiger partial charge in [-0.25, -0.2) is 0 Å². The van der Waals surface area contributed by atoms with Gasteiger partial charge in [-0.2, -0.15) is 0 Å². The van der Waals surface area contributed by atoms with E-state index < -0.39 is 11.8 Å². The highest BCUT2D eigenvalue weighted by atomic mass is 79.9. The summed E-state index contributed by atoms with van der Waals surface area (Å²) in [6.07, 6.45) is 0. The van der Waals surface area contributed by atoms with E-state index in [1.807, 2.05) is 13.0 Å². The van der Waals surface area contributed by atoms with Crippen molar-refractivity contribution in [2.45, 2.75) is 6.92 Å². The molecule has 0 aliphatic heterocycles. The van der Waals surface area contributed by atoms with E-state index in [1.165, 1.54) is 0 Å². The van der Waals surface area contributed by atoms with E-state index in [0.29, 0.717) is 10.2 Å². The molecule has 1 aromatic rings. The quantitative estimate of drug-likeness (QED) is 0.723. The van der Waals surface area contributed by atoms with Crippen LogP contribution in [0.3, 0.4) is 0 Å². The molecule has 0 saturated carbocycles. The maximum Gasteiger partial charge on any atom is 0.313 e. The summed E-state index contributed by atoms with van der Waals surface area (Å²) in [5.41, 5.74) is 1.51. The SMILES string of the molecule is Cc1ccc(Br)c(NC(=O)C(=O)NCCO)c1. The summed E-state index contributed by atoms with van der Waals surface area (Å²) >= 11 is 3.27. The van der Waals surface area contributed by atoms with Crippen LogP contribution >= 0.6 is 15.9 Å². The molecule has 17 heavy (non-hydrogen) atoms. The van der Waals surface area contributed by atoms with Gasteiger partial charge in [-0.3, -0.25) is 9.59 Å². The molecule has 0 bridgehead atoms. The molecule has 1 aromatic carbocycles. The Morgan fingerprint density at radius 1 is 1.35 bits per heavy atom. The number of amides is 2. The van der Waals surface area contributed by atoms with Crippen molar-refractivity contribution in [1.82, 2.24) is 5.32 Å². The summed E-state index contributed by atoms with van der Waals surface area (Å²) in [5.74, 6) is -1.53. The summed E-state index contributed by atoms with van der Waals surface area (Å²) in [5, 5.41) is 13.3. The zero-order chi connectivity index (χ0) is 12.8. The van der Waals surface area contributed by atoms with Crippen LogP contribution in [-0.2, 0) is 9.59 Å². The summed E-state index contributed by atoms with van der Waals surface area (Å²) in [4.78, 5) is 22.7. The van der Waals surface area contributed by atoms with Gasteiger partial charge in [-0.15, -0.1) is 0 Å². The fourth-order valence-corrected chi connectivity index (χ4v) is 1.51. The number of aryl methyl sites for hydroxylation is 1. The topological polar surface area (TPSA) is 78.4 Å². The Hall–Kier alpha value is -1.40. The maximum atomic E-state index is 11.5. The van der Waals surface area contributed by atoms with Gasteiger partial charge in [0.1, 0.15) is 0 Å². The predicted octanol–water partition coefficient (Wildman–Crippen LogP) is 0.805. The number of aliphatic hydroxyl groups is 1. The van der Waals surface area contributed by atoms with Gasteiger partial charge in [0.05, 0.1) is 12.3 Å². The molecule has 2 amide bonds. The number of rotatable bonds is 3. The average Bonchev–Trinajstić information content (AvgIpc) is 2.30. The third-order valence-corrected chi connectivity index (χ3v) is 2.67. The van der Waals surface area contributed by atoms with Crippen molar-refractivity contribution in [2.24, 2.45) is 0 Å². The van der Waals surface area contributed by atoms with Crippen molar-refractivity contribution in [3.05, 3.63) is 28.2 Å². The van der Waals surface area contributed by atoms with Crippen molar-refractivity contribution >= 4 is 33.4 Å². The van der Waals surface area contributed by atoms with Crippen LogP contribution in [0.5, 0.6) is 0 Å². The first-order valence-corrected chi connectivity index (χ1v) is 5.80. The van der Waals surface area contributed by atoms with Crippen LogP contribution in [0.1, 0.15) is 5.56 Å². The number of halogens is 1. The Morgan fingerprint density at radius 3 is 2.71 bits per heavy atom. The monoisotopic (exact) mass is 300 g/mol. The van der Waals surface area contributed by atoms with Crippen LogP contribution in [0.25, 0.3) is 0 Å². The fraction of sp³-hybridized carbons (Fsp3) is 0.273. The van der Waals surface area contributed by atoms with Gasteiger partial charge in [-0.05, 0) is 40.5 Å². The van der Waals surface area contributed by atoms with Gasteiger partial charge in [0, 0.05) is 11.0 Å². The first-order valence-electron chi connectivity index (χ1n) is 5.01. The van der Waals surface area contributed by atoms with E-state index in [4.69, 9.17) is 5.11 Å². The maximum absolute atomic E-state index is 11.5. The van der Waals surface area contributed by atoms with Crippen LogP contribution in [0.15, 0.2) is 22.7 Å². The molecule has 3 N–H and O–H groups in total. The molecule has 5 nitrogen and oxygen atoms in total. The molecule has 92 valence electrons. The molecule has 1 rings (SSSR count). The van der Waals surface area contributed by atoms with Crippen molar-refractivity contribution in [2.75, 3.05) is 18.5 Å². The number of carbonyl (C=O) groups excluding carboxylic acids is 2. The van der Waals surface area contributed by atoms with E-state index in [1.54, 1.807) is 12.1 Å². The lowest BCUT2D eigenvalue weighted by Crippen LogP contribution is -2.36. The van der Waals surface area contributed by atoms with E-state index in [2.05, 4.69) is 26.6 Å². The van der Waals surface area contributed by atoms with Crippen LogP contribution in [0, 0.1) is 6.92 Å². The highest BCUT2D eigenvalue weighted by Crippen LogP contribution is 2.23. The number of benzene rings is 1. The Balaban J connectivity index is 2.67. The number of nitrogens with one attached hydrogen (secondary N) is 2. The molecule has 0 heterocycles. The second kappa shape index (κ2) is 6.36. The number of aliphatic hydroxyl groups excluding tert-OH is 1. The van der Waals surface area contributed by atoms with Crippen LogP contribution in [-0.4, -0.2) is 30.1 Å². The van der Waals surface area contributed by atoms with Gasteiger partial charge in [0.15, 0.2) is 0 Å². The highest BCUT2D eigenvalue weighted by molar-refractivity contribution is 9.10. The van der Waals surface area contributed by atoms with Crippen LogP contribution < -0.4 is 10.6 Å². The van der Waals surface area contributed by atoms with Crippen molar-refractivity contribution in [3.8, 4) is 0 Å². The summed E-state index contributed by atoms with van der Waals surface area (Å²) in [6, 6.07) is 5.42. The Kier molecular flexibility index (Phi) is 5.11. The zero-order valence-electron chi connectivity index (χ0n) is 9.29. The average molecular weight is 301 g/mol. The minimum Gasteiger partial charge on any atom is -0.395 e. The van der Waals surface area contributed by atoms with Gasteiger partial charge in [0.2, 0.25) is 0 Å². The highest BCUT2D eigenvalue weighted by Gasteiger charge is 2.14. The number of carbonyl (C=O) groups is 2. The third-order valence-electron chi connectivity index (χ3n) is 1.97. The molecule has 0 unspecified atom stereocenters. The normalized spacial score (nSPS) is 9.82. The molecule has 0 aliphatic carbocycles. The minimum absolute atomic E-state index is 0.0568. The van der Waals surface area contributed by atoms with E-state index in [-0.39, 0.29) is 13.2 Å². The van der Waals surface area contributed by atoms with Crippen LogP contribution in [0.4, 0.5) is 5.69 Å². The van der Waals surface area contributed by atoms with Gasteiger partial charge >= 0.3 is 11.8 Å². The first-order chi connectivity index (χ1) is 8.04. The molecule has 0 atom stereocenters. The Labute approximate surface area is 107 Å². The third kappa shape index (κ3) is 4.16. The van der Waals surface area contributed by atoms with E-state index in [0.717, 1.165) is 5.56 Å². The standard InChI is InChI=1S/C11H13BrN2O3/c1-7-2-3-8(12)9(6-7)14-11(17)10(16)13-4-5-15/h2-3,6,15H,4-5H2,1H3,(H,13,16)(H,14,17). The second-order valence-electron chi connectivity index (χ2n) is 3.42. The Bertz CT molecular complexity index is 435. The van der Waals surface area contributed by atoms with Crippen molar-refractivity contribution in [3.63, 3.8) is 0 Å². The summed E-state index contributed by atoms with van der Waals surface area (Å²) in [6.45, 7) is 1.74. The van der Waals surface area contributed by atoms with E-state index in [9.17, 15) is 9.59 Å². The molecule has 0 saturated heterocycles. The zero-order valence-corrected chi connectivity index (χ0v) is 10.9. The molecular formula is C11H13BrN2O3. The number of hydrogen-bond donors (Lipinski definition) is 3. The molecule has 0 fully saturated rings. The lowest BCUT2D eigenvalue weighted by Gasteiger charge is -2.08. The summed E-state index contributed by atoms with van der Waals surface area (Å²) < 4.78 is 0.700. The largest absolute Gasteiger partial charge is 0.395 e. The van der Waals surface area contributed by atoms with Gasteiger partial charge < -0.3 is 15.7 Å². The second-order valence-corrected chi connectivity index (χ2v) is 4.27. The Morgan fingerprint density at radius 2 is 2.06 bits per heavy atom. The number of hydrogen-bond acceptors (Lipinski definition) is 3. The van der Waals surface area contributed by atoms with Gasteiger partial charge in [0.25, 0.3) is 0 Å². The minimum atomic E-state index is -0.771. The molecular weight excluding hydrogens is 288 g/mol. The molecule has 0 aromatic heterocycles. The lowest BCUT2D eigenvalue weighted by molar-refractivity contribution is -0.136. The fourth-order valence-electron chi connectivity index (χ4n) is 1.16. The summed E-state index contributed by atoms with van der Waals surface area (Å²) in [7, 11) is 0. The smallest absolute Gasteiger partial charge is 0.313 e. The van der Waals surface area contributed by atoms with Crippen molar-refractivity contribution in [1.29, 1.82) is 0 Å². The van der Waals surface area contributed by atoms with Crippen molar-refractivity contribution < 1.29 is 14.7 Å². The first kappa shape index (κ1) is 13.7. The lowest BCUT2D eigenvalue weighted by atomic mass is 10.2. The van der Waals surface area contributed by atoms with Crippen LogP contribution in [0.2, 0.25) is 0 Å².